The molecule has 0 unspecified atom stereocenters. The third kappa shape index (κ3) is 5.10. The Bertz CT molecular complexity index is 1070. The lowest BCUT2D eigenvalue weighted by Gasteiger charge is -2.24. The van der Waals surface area contributed by atoms with Crippen LogP contribution in [0.2, 0.25) is 0 Å². The number of amides is 1. The van der Waals surface area contributed by atoms with Crippen molar-refractivity contribution in [2.45, 2.75) is 25.3 Å². The summed E-state index contributed by atoms with van der Waals surface area (Å²) in [5.74, 6) is 0.0468. The minimum absolute atomic E-state index is 0.00990. The van der Waals surface area contributed by atoms with Crippen LogP contribution in [0.25, 0.3) is 0 Å². The molecular formula is C29H27NO. The van der Waals surface area contributed by atoms with Gasteiger partial charge in [-0.05, 0) is 34.7 Å². The van der Waals surface area contributed by atoms with Crippen LogP contribution in [0, 0.1) is 6.92 Å². The molecule has 4 aromatic rings. The molecule has 0 spiro atoms. The minimum atomic E-state index is -0.179. The number of benzene rings is 4. The summed E-state index contributed by atoms with van der Waals surface area (Å²) in [7, 11) is 0. The quantitative estimate of drug-likeness (QED) is 0.377. The Morgan fingerprint density at radius 2 is 1.10 bits per heavy atom. The Morgan fingerprint density at radius 3 is 1.61 bits per heavy atom. The maximum absolute atomic E-state index is 13.4. The van der Waals surface area contributed by atoms with Crippen molar-refractivity contribution >= 4 is 5.91 Å². The maximum Gasteiger partial charge on any atom is 0.221 e. The van der Waals surface area contributed by atoms with Crippen LogP contribution >= 0.6 is 0 Å². The predicted octanol–water partition coefficient (Wildman–Crippen LogP) is 6.42. The topological polar surface area (TPSA) is 29.1 Å². The summed E-state index contributed by atoms with van der Waals surface area (Å²) in [5.41, 5.74) is 5.67. The fraction of sp³-hybridized carbons (Fsp3) is 0.138. The smallest absolute Gasteiger partial charge is 0.221 e. The van der Waals surface area contributed by atoms with E-state index in [1.54, 1.807) is 0 Å². The van der Waals surface area contributed by atoms with Gasteiger partial charge in [0.2, 0.25) is 5.91 Å². The van der Waals surface area contributed by atoms with Crippen molar-refractivity contribution in [1.82, 2.24) is 5.32 Å². The molecule has 0 saturated carbocycles. The van der Waals surface area contributed by atoms with E-state index in [1.165, 1.54) is 5.56 Å². The van der Waals surface area contributed by atoms with Crippen LogP contribution < -0.4 is 5.32 Å². The number of aryl methyl sites for hydroxylation is 1. The maximum atomic E-state index is 13.4. The summed E-state index contributed by atoms with van der Waals surface area (Å²) in [6.45, 7) is 2.09. The Balaban J connectivity index is 1.63. The van der Waals surface area contributed by atoms with E-state index in [9.17, 15) is 4.79 Å². The van der Waals surface area contributed by atoms with Gasteiger partial charge in [0, 0.05) is 12.3 Å². The van der Waals surface area contributed by atoms with Crippen molar-refractivity contribution < 1.29 is 4.79 Å². The molecule has 4 aromatic carbocycles. The summed E-state index contributed by atoms with van der Waals surface area (Å²) in [4.78, 5) is 13.4. The summed E-state index contributed by atoms with van der Waals surface area (Å²) in [6, 6.07) is 38.8. The van der Waals surface area contributed by atoms with Gasteiger partial charge >= 0.3 is 0 Å². The predicted molar refractivity (Wildman–Crippen MR) is 127 cm³/mol. The molecule has 154 valence electrons. The SMILES string of the molecule is Cc1ccccc1[C@@H](NC(=O)CC(c1ccccc1)c1ccccc1)c1ccccc1. The van der Waals surface area contributed by atoms with Crippen LogP contribution in [-0.4, -0.2) is 5.91 Å². The average Bonchev–Trinajstić information content (AvgIpc) is 2.83. The fourth-order valence-electron chi connectivity index (χ4n) is 4.10. The van der Waals surface area contributed by atoms with E-state index in [4.69, 9.17) is 0 Å². The Morgan fingerprint density at radius 1 is 0.645 bits per heavy atom. The molecule has 0 aliphatic carbocycles. The molecule has 2 heteroatoms. The molecule has 0 aromatic heterocycles. The van der Waals surface area contributed by atoms with Gasteiger partial charge in [0.15, 0.2) is 0 Å². The lowest BCUT2D eigenvalue weighted by atomic mass is 9.88. The van der Waals surface area contributed by atoms with Crippen molar-refractivity contribution in [2.24, 2.45) is 0 Å². The number of carbonyl (C=O) groups is 1. The average molecular weight is 406 g/mol. The summed E-state index contributed by atoms with van der Waals surface area (Å²) < 4.78 is 0. The van der Waals surface area contributed by atoms with Gasteiger partial charge in [-0.1, -0.05) is 115 Å². The Labute approximate surface area is 184 Å². The van der Waals surface area contributed by atoms with Gasteiger partial charge in [-0.25, -0.2) is 0 Å². The molecule has 2 nitrogen and oxygen atoms in total. The van der Waals surface area contributed by atoms with Crippen LogP contribution in [0.15, 0.2) is 115 Å². The number of nitrogens with one attached hydrogen (secondary N) is 1. The monoisotopic (exact) mass is 405 g/mol. The van der Waals surface area contributed by atoms with Crippen molar-refractivity contribution in [2.75, 3.05) is 0 Å². The first-order valence-corrected chi connectivity index (χ1v) is 10.7. The van der Waals surface area contributed by atoms with E-state index in [2.05, 4.69) is 60.8 Å². The molecule has 1 N–H and O–H groups in total. The highest BCUT2D eigenvalue weighted by molar-refractivity contribution is 5.78. The van der Waals surface area contributed by atoms with Gasteiger partial charge in [0.1, 0.15) is 0 Å². The molecule has 1 amide bonds. The molecule has 0 fully saturated rings. The standard InChI is InChI=1S/C29H27NO/c1-22-13-11-12-20-26(22)29(25-18-9-4-10-19-25)30-28(31)21-27(23-14-5-2-6-15-23)24-16-7-3-8-17-24/h2-20,27,29H,21H2,1H3,(H,30,31)/t29-/m0/s1. The zero-order valence-electron chi connectivity index (χ0n) is 17.7. The summed E-state index contributed by atoms with van der Waals surface area (Å²) in [6.07, 6.45) is 0.392. The van der Waals surface area contributed by atoms with Crippen molar-refractivity contribution in [1.29, 1.82) is 0 Å². The number of rotatable bonds is 7. The first-order chi connectivity index (χ1) is 15.2. The fourth-order valence-corrected chi connectivity index (χ4v) is 4.10. The van der Waals surface area contributed by atoms with Gasteiger partial charge in [-0.2, -0.15) is 0 Å². The summed E-state index contributed by atoms with van der Waals surface area (Å²) >= 11 is 0. The van der Waals surface area contributed by atoms with Crippen LogP contribution in [0.5, 0.6) is 0 Å². The van der Waals surface area contributed by atoms with E-state index >= 15 is 0 Å². The van der Waals surface area contributed by atoms with Crippen LogP contribution in [0.1, 0.15) is 46.2 Å². The molecule has 0 heterocycles. The molecule has 0 saturated heterocycles. The second kappa shape index (κ2) is 9.90. The Kier molecular flexibility index (Phi) is 6.59. The van der Waals surface area contributed by atoms with E-state index in [-0.39, 0.29) is 17.9 Å². The zero-order valence-corrected chi connectivity index (χ0v) is 17.7. The second-order valence-corrected chi connectivity index (χ2v) is 7.85. The molecular weight excluding hydrogens is 378 g/mol. The van der Waals surface area contributed by atoms with Crippen LogP contribution in [-0.2, 0) is 4.79 Å². The zero-order chi connectivity index (χ0) is 21.5. The van der Waals surface area contributed by atoms with Crippen molar-refractivity contribution in [3.63, 3.8) is 0 Å². The van der Waals surface area contributed by atoms with Crippen molar-refractivity contribution in [3.05, 3.63) is 143 Å². The molecule has 0 radical (unpaired) electrons. The molecule has 0 bridgehead atoms. The third-order valence-electron chi connectivity index (χ3n) is 5.73. The van der Waals surface area contributed by atoms with E-state index in [0.29, 0.717) is 6.42 Å². The highest BCUT2D eigenvalue weighted by atomic mass is 16.1. The molecule has 4 rings (SSSR count). The van der Waals surface area contributed by atoms with E-state index < -0.39 is 0 Å². The Hall–Kier alpha value is -3.65. The lowest BCUT2D eigenvalue weighted by Crippen LogP contribution is -2.31. The largest absolute Gasteiger partial charge is 0.345 e. The molecule has 0 aliphatic heterocycles. The number of carbonyl (C=O) groups excluding carboxylic acids is 1. The van der Waals surface area contributed by atoms with Crippen LogP contribution in [0.4, 0.5) is 0 Å². The first kappa shape index (κ1) is 20.6. The molecule has 0 aliphatic rings. The third-order valence-corrected chi connectivity index (χ3v) is 5.73. The minimum Gasteiger partial charge on any atom is -0.345 e. The van der Waals surface area contributed by atoms with E-state index in [0.717, 1.165) is 22.3 Å². The summed E-state index contributed by atoms with van der Waals surface area (Å²) in [5, 5.41) is 3.32. The lowest BCUT2D eigenvalue weighted by molar-refractivity contribution is -0.121. The van der Waals surface area contributed by atoms with Gasteiger partial charge in [0.05, 0.1) is 6.04 Å². The van der Waals surface area contributed by atoms with Gasteiger partial charge in [-0.15, -0.1) is 0 Å². The molecule has 31 heavy (non-hydrogen) atoms. The highest BCUT2D eigenvalue weighted by Gasteiger charge is 2.22. The van der Waals surface area contributed by atoms with Gasteiger partial charge in [0.25, 0.3) is 0 Å². The van der Waals surface area contributed by atoms with Crippen LogP contribution in [0.3, 0.4) is 0 Å². The van der Waals surface area contributed by atoms with Gasteiger partial charge < -0.3 is 5.32 Å². The second-order valence-electron chi connectivity index (χ2n) is 7.85. The first-order valence-electron chi connectivity index (χ1n) is 10.7. The number of hydrogen-bond donors (Lipinski definition) is 1. The highest BCUT2D eigenvalue weighted by Crippen LogP contribution is 2.30. The number of hydrogen-bond acceptors (Lipinski definition) is 1. The molecule has 1 atom stereocenters. The van der Waals surface area contributed by atoms with Gasteiger partial charge in [-0.3, -0.25) is 4.79 Å². The normalized spacial score (nSPS) is 11.8. The van der Waals surface area contributed by atoms with E-state index in [1.807, 2.05) is 66.7 Å². The van der Waals surface area contributed by atoms with Crippen molar-refractivity contribution in [3.8, 4) is 0 Å².